The van der Waals surface area contributed by atoms with E-state index < -0.39 is 0 Å². The Kier molecular flexibility index (Phi) is 3.82. The molecular weight excluding hydrogens is 218 g/mol. The largest absolute Gasteiger partial charge is 0.327 e. The fourth-order valence-corrected chi connectivity index (χ4v) is 3.82. The van der Waals surface area contributed by atoms with Gasteiger partial charge in [0.25, 0.3) is 0 Å². The first-order valence-electron chi connectivity index (χ1n) is 7.24. The zero-order chi connectivity index (χ0) is 13.3. The molecule has 0 heterocycles. The van der Waals surface area contributed by atoms with Crippen LogP contribution in [0.25, 0.3) is 0 Å². The highest BCUT2D eigenvalue weighted by Gasteiger charge is 2.38. The van der Waals surface area contributed by atoms with E-state index in [1.807, 2.05) is 0 Å². The predicted octanol–water partition coefficient (Wildman–Crippen LogP) is 4.04. The molecule has 2 N–H and O–H groups in total. The molecule has 1 fully saturated rings. The molecule has 0 aliphatic heterocycles. The van der Waals surface area contributed by atoms with Gasteiger partial charge in [-0.15, -0.1) is 0 Å². The van der Waals surface area contributed by atoms with Crippen molar-refractivity contribution >= 4 is 0 Å². The Hall–Kier alpha value is -0.820. The number of hydrogen-bond acceptors (Lipinski definition) is 1. The first kappa shape index (κ1) is 13.6. The molecule has 1 nitrogen and oxygen atoms in total. The van der Waals surface area contributed by atoms with Gasteiger partial charge in [-0.1, -0.05) is 51.5 Å². The third-order valence-corrected chi connectivity index (χ3v) is 4.93. The van der Waals surface area contributed by atoms with Gasteiger partial charge in [-0.3, -0.25) is 0 Å². The first-order chi connectivity index (χ1) is 8.43. The van der Waals surface area contributed by atoms with E-state index in [0.29, 0.717) is 12.0 Å². The third-order valence-electron chi connectivity index (χ3n) is 4.93. The quantitative estimate of drug-likeness (QED) is 0.836. The summed E-state index contributed by atoms with van der Waals surface area (Å²) in [7, 11) is 0. The number of aryl methyl sites for hydroxylation is 1. The standard InChI is InChI=1S/C17H27N/c1-12-9-10-15(16(18)11-12)17(3,4)14-8-6-5-7-13(14)2/h5-8,12,15-16H,9-11,18H2,1-4H3. The minimum Gasteiger partial charge on any atom is -0.327 e. The molecule has 1 aromatic carbocycles. The summed E-state index contributed by atoms with van der Waals surface area (Å²) in [6.07, 6.45) is 3.78. The smallest absolute Gasteiger partial charge is 0.00780 e. The van der Waals surface area contributed by atoms with Crippen molar-refractivity contribution in [3.63, 3.8) is 0 Å². The van der Waals surface area contributed by atoms with Crippen molar-refractivity contribution in [2.45, 2.75) is 58.4 Å². The Balaban J connectivity index is 2.28. The minimum absolute atomic E-state index is 0.185. The summed E-state index contributed by atoms with van der Waals surface area (Å²) in [6, 6.07) is 9.12. The summed E-state index contributed by atoms with van der Waals surface area (Å²) >= 11 is 0. The van der Waals surface area contributed by atoms with E-state index in [1.54, 1.807) is 0 Å². The van der Waals surface area contributed by atoms with Gasteiger partial charge < -0.3 is 5.73 Å². The molecule has 1 aromatic rings. The van der Waals surface area contributed by atoms with Crippen LogP contribution in [0.3, 0.4) is 0 Å². The average Bonchev–Trinajstić information content (AvgIpc) is 2.28. The second-order valence-electron chi connectivity index (χ2n) is 6.73. The van der Waals surface area contributed by atoms with E-state index in [4.69, 9.17) is 5.73 Å². The summed E-state index contributed by atoms with van der Waals surface area (Å²) in [6.45, 7) is 9.29. The molecule has 3 unspecified atom stereocenters. The van der Waals surface area contributed by atoms with Crippen molar-refractivity contribution in [1.29, 1.82) is 0 Å². The summed E-state index contributed by atoms with van der Waals surface area (Å²) in [5.74, 6) is 1.40. The molecule has 1 aliphatic carbocycles. The lowest BCUT2D eigenvalue weighted by Crippen LogP contribution is -2.46. The second-order valence-corrected chi connectivity index (χ2v) is 6.73. The lowest BCUT2D eigenvalue weighted by Gasteiger charge is -2.43. The maximum absolute atomic E-state index is 6.44. The van der Waals surface area contributed by atoms with Gasteiger partial charge in [0, 0.05) is 6.04 Å². The zero-order valence-corrected chi connectivity index (χ0v) is 12.2. The van der Waals surface area contributed by atoms with E-state index in [1.165, 1.54) is 30.4 Å². The molecule has 1 heteroatoms. The van der Waals surface area contributed by atoms with Crippen LogP contribution in [-0.4, -0.2) is 6.04 Å². The molecule has 1 saturated carbocycles. The van der Waals surface area contributed by atoms with Gasteiger partial charge in [0.1, 0.15) is 0 Å². The molecule has 0 aromatic heterocycles. The highest BCUT2D eigenvalue weighted by molar-refractivity contribution is 5.33. The summed E-state index contributed by atoms with van der Waals surface area (Å²) in [5.41, 5.74) is 9.50. The number of nitrogens with two attached hydrogens (primary N) is 1. The monoisotopic (exact) mass is 245 g/mol. The van der Waals surface area contributed by atoms with Crippen LogP contribution >= 0.6 is 0 Å². The summed E-state index contributed by atoms with van der Waals surface area (Å²) in [4.78, 5) is 0. The van der Waals surface area contributed by atoms with E-state index in [-0.39, 0.29) is 5.41 Å². The van der Waals surface area contributed by atoms with Crippen molar-refractivity contribution in [1.82, 2.24) is 0 Å². The number of rotatable bonds is 2. The lowest BCUT2D eigenvalue weighted by molar-refractivity contribution is 0.170. The Morgan fingerprint density at radius 1 is 1.17 bits per heavy atom. The Morgan fingerprint density at radius 3 is 2.44 bits per heavy atom. The van der Waals surface area contributed by atoms with Gasteiger partial charge in [-0.05, 0) is 48.1 Å². The second kappa shape index (κ2) is 5.05. The van der Waals surface area contributed by atoms with Crippen LogP contribution in [0.2, 0.25) is 0 Å². The highest BCUT2D eigenvalue weighted by Crippen LogP contribution is 2.42. The zero-order valence-electron chi connectivity index (χ0n) is 12.2. The third kappa shape index (κ3) is 2.47. The molecule has 100 valence electrons. The fourth-order valence-electron chi connectivity index (χ4n) is 3.82. The van der Waals surface area contributed by atoms with E-state index in [0.717, 1.165) is 5.92 Å². The minimum atomic E-state index is 0.185. The van der Waals surface area contributed by atoms with Gasteiger partial charge in [0.2, 0.25) is 0 Å². The van der Waals surface area contributed by atoms with Crippen molar-refractivity contribution in [3.05, 3.63) is 35.4 Å². The molecule has 0 bridgehead atoms. The molecule has 0 amide bonds. The van der Waals surface area contributed by atoms with Crippen molar-refractivity contribution < 1.29 is 0 Å². The molecule has 1 aliphatic rings. The van der Waals surface area contributed by atoms with E-state index >= 15 is 0 Å². The Morgan fingerprint density at radius 2 is 1.83 bits per heavy atom. The molecular formula is C17H27N. The molecule has 3 atom stereocenters. The highest BCUT2D eigenvalue weighted by atomic mass is 14.7. The molecule has 2 rings (SSSR count). The van der Waals surface area contributed by atoms with Gasteiger partial charge >= 0.3 is 0 Å². The summed E-state index contributed by atoms with van der Waals surface area (Å²) in [5, 5.41) is 0. The predicted molar refractivity (Wildman–Crippen MR) is 78.7 cm³/mol. The lowest BCUT2D eigenvalue weighted by atomic mass is 9.63. The maximum Gasteiger partial charge on any atom is 0.00780 e. The van der Waals surface area contributed by atoms with Crippen LogP contribution in [0.4, 0.5) is 0 Å². The van der Waals surface area contributed by atoms with Crippen LogP contribution < -0.4 is 5.73 Å². The van der Waals surface area contributed by atoms with Crippen LogP contribution in [0.1, 0.15) is 51.2 Å². The van der Waals surface area contributed by atoms with Crippen molar-refractivity contribution in [3.8, 4) is 0 Å². The number of hydrogen-bond donors (Lipinski definition) is 1. The molecule has 0 spiro atoms. The van der Waals surface area contributed by atoms with Gasteiger partial charge in [0.15, 0.2) is 0 Å². The Labute approximate surface area is 112 Å². The van der Waals surface area contributed by atoms with Gasteiger partial charge in [-0.2, -0.15) is 0 Å². The normalized spacial score (nSPS) is 29.3. The number of benzene rings is 1. The van der Waals surface area contributed by atoms with Gasteiger partial charge in [0.05, 0.1) is 0 Å². The van der Waals surface area contributed by atoms with Crippen molar-refractivity contribution in [2.24, 2.45) is 17.6 Å². The van der Waals surface area contributed by atoms with Gasteiger partial charge in [-0.25, -0.2) is 0 Å². The maximum atomic E-state index is 6.44. The van der Waals surface area contributed by atoms with Crippen LogP contribution in [-0.2, 0) is 5.41 Å². The first-order valence-corrected chi connectivity index (χ1v) is 7.24. The van der Waals surface area contributed by atoms with Crippen LogP contribution in [0.15, 0.2) is 24.3 Å². The Bertz CT molecular complexity index is 408. The van der Waals surface area contributed by atoms with E-state index in [2.05, 4.69) is 52.0 Å². The van der Waals surface area contributed by atoms with Crippen LogP contribution in [0.5, 0.6) is 0 Å². The molecule has 0 radical (unpaired) electrons. The molecule has 18 heavy (non-hydrogen) atoms. The van der Waals surface area contributed by atoms with Crippen LogP contribution in [0, 0.1) is 18.8 Å². The molecule has 0 saturated heterocycles. The topological polar surface area (TPSA) is 26.0 Å². The van der Waals surface area contributed by atoms with E-state index in [9.17, 15) is 0 Å². The summed E-state index contributed by atoms with van der Waals surface area (Å²) < 4.78 is 0. The fraction of sp³-hybridized carbons (Fsp3) is 0.647. The SMILES string of the molecule is Cc1ccccc1C(C)(C)C1CCC(C)CC1N. The van der Waals surface area contributed by atoms with Crippen molar-refractivity contribution in [2.75, 3.05) is 0 Å². The average molecular weight is 245 g/mol.